The molecule has 23 heavy (non-hydrogen) atoms. The number of hydrogen-bond donors (Lipinski definition) is 1. The molecule has 1 saturated heterocycles. The van der Waals surface area contributed by atoms with Crippen LogP contribution in [-0.2, 0) is 14.8 Å². The van der Waals surface area contributed by atoms with Gasteiger partial charge >= 0.3 is 5.97 Å². The lowest BCUT2D eigenvalue weighted by molar-refractivity contribution is -0.142. The zero-order valence-electron chi connectivity index (χ0n) is 12.6. The molecule has 3 rings (SSSR count). The molecule has 8 heteroatoms. The minimum atomic E-state index is -3.92. The van der Waals surface area contributed by atoms with Crippen molar-refractivity contribution in [2.45, 2.75) is 17.7 Å². The summed E-state index contributed by atoms with van der Waals surface area (Å²) >= 11 is 0. The Hall–Kier alpha value is -1.67. The lowest BCUT2D eigenvalue weighted by Gasteiger charge is -2.16. The number of rotatable bonds is 5. The monoisotopic (exact) mass is 343 g/mol. The Balaban J connectivity index is 1.88. The highest BCUT2D eigenvalue weighted by atomic mass is 32.2. The number of halogens is 1. The van der Waals surface area contributed by atoms with Crippen molar-refractivity contribution in [3.05, 3.63) is 24.0 Å². The van der Waals surface area contributed by atoms with E-state index >= 15 is 0 Å². The maximum absolute atomic E-state index is 13.8. The summed E-state index contributed by atoms with van der Waals surface area (Å²) < 4.78 is 45.1. The Morgan fingerprint density at radius 3 is 2.57 bits per heavy atom. The van der Waals surface area contributed by atoms with Crippen LogP contribution in [0.25, 0.3) is 0 Å². The van der Waals surface area contributed by atoms with Gasteiger partial charge in [0.25, 0.3) is 0 Å². The first-order valence-corrected chi connectivity index (χ1v) is 8.85. The predicted octanol–water partition coefficient (Wildman–Crippen LogP) is 1.57. The number of aliphatic carboxylic acids is 1. The van der Waals surface area contributed by atoms with Crippen LogP contribution in [0.4, 0.5) is 4.39 Å². The zero-order valence-corrected chi connectivity index (χ0v) is 13.4. The standard InChI is InChI=1S/C15H18FNO5S/c1-22-14-5-4-10(6-13(14)16)23(20,21)17-7-11(9-2-3-9)12(8-17)15(18)19/h4-6,9,11-12H,2-3,7-8H2,1H3,(H,18,19). The third kappa shape index (κ3) is 2.92. The molecule has 2 aliphatic rings. The highest BCUT2D eigenvalue weighted by Gasteiger charge is 2.48. The summed E-state index contributed by atoms with van der Waals surface area (Å²) in [6, 6.07) is 3.44. The highest BCUT2D eigenvalue weighted by molar-refractivity contribution is 7.89. The average Bonchev–Trinajstić information content (AvgIpc) is 3.24. The van der Waals surface area contributed by atoms with Crippen LogP contribution in [-0.4, -0.2) is 44.0 Å². The Labute approximate surface area is 133 Å². The van der Waals surface area contributed by atoms with Crippen LogP contribution in [0.1, 0.15) is 12.8 Å². The number of hydrogen-bond acceptors (Lipinski definition) is 4. The van der Waals surface area contributed by atoms with E-state index in [0.29, 0.717) is 0 Å². The predicted molar refractivity (Wildman–Crippen MR) is 79.1 cm³/mol. The first kappa shape index (κ1) is 16.2. The first-order chi connectivity index (χ1) is 10.8. The van der Waals surface area contributed by atoms with Crippen LogP contribution < -0.4 is 4.74 Å². The van der Waals surface area contributed by atoms with Crippen molar-refractivity contribution >= 4 is 16.0 Å². The van der Waals surface area contributed by atoms with Gasteiger partial charge in [-0.15, -0.1) is 0 Å². The second-order valence-corrected chi connectivity index (χ2v) is 8.00. The Kier molecular flexibility index (Phi) is 4.05. The molecule has 1 aromatic rings. The molecule has 6 nitrogen and oxygen atoms in total. The van der Waals surface area contributed by atoms with Crippen molar-refractivity contribution in [1.29, 1.82) is 0 Å². The van der Waals surface area contributed by atoms with Crippen LogP contribution in [0.5, 0.6) is 5.75 Å². The van der Waals surface area contributed by atoms with E-state index in [1.807, 2.05) is 0 Å². The van der Waals surface area contributed by atoms with Crippen LogP contribution in [0.2, 0.25) is 0 Å². The fraction of sp³-hybridized carbons (Fsp3) is 0.533. The molecule has 1 heterocycles. The lowest BCUT2D eigenvalue weighted by Crippen LogP contribution is -2.30. The van der Waals surface area contributed by atoms with Crippen LogP contribution >= 0.6 is 0 Å². The summed E-state index contributed by atoms with van der Waals surface area (Å²) in [6.07, 6.45) is 1.89. The Morgan fingerprint density at radius 1 is 1.35 bits per heavy atom. The van der Waals surface area contributed by atoms with Crippen molar-refractivity contribution < 1.29 is 27.4 Å². The molecule has 0 spiro atoms. The van der Waals surface area contributed by atoms with Gasteiger partial charge in [0.2, 0.25) is 10.0 Å². The number of carbonyl (C=O) groups is 1. The molecule has 0 bridgehead atoms. The van der Waals surface area contributed by atoms with Crippen LogP contribution in [0.15, 0.2) is 23.1 Å². The van der Waals surface area contributed by atoms with E-state index in [1.165, 1.54) is 19.2 Å². The minimum absolute atomic E-state index is 0.0374. The molecule has 0 aromatic heterocycles. The van der Waals surface area contributed by atoms with Gasteiger partial charge in [-0.3, -0.25) is 4.79 Å². The summed E-state index contributed by atoms with van der Waals surface area (Å²) in [5.74, 6) is -2.35. The van der Waals surface area contributed by atoms with Crippen molar-refractivity contribution in [2.24, 2.45) is 17.8 Å². The highest BCUT2D eigenvalue weighted by Crippen LogP contribution is 2.45. The number of carboxylic acid groups (broad SMARTS) is 1. The van der Waals surface area contributed by atoms with Crippen LogP contribution in [0.3, 0.4) is 0 Å². The normalized spacial score (nSPS) is 25.5. The van der Waals surface area contributed by atoms with Gasteiger partial charge in [0.05, 0.1) is 17.9 Å². The molecule has 1 N–H and O–H groups in total. The quantitative estimate of drug-likeness (QED) is 0.877. The van der Waals surface area contributed by atoms with Gasteiger partial charge in [0, 0.05) is 13.1 Å². The van der Waals surface area contributed by atoms with Gasteiger partial charge in [-0.05, 0) is 42.9 Å². The van der Waals surface area contributed by atoms with E-state index in [1.54, 1.807) is 0 Å². The molecule has 2 unspecified atom stereocenters. The van der Waals surface area contributed by atoms with Crippen molar-refractivity contribution in [1.82, 2.24) is 4.31 Å². The second-order valence-electron chi connectivity index (χ2n) is 6.06. The topological polar surface area (TPSA) is 83.9 Å². The fourth-order valence-corrected chi connectivity index (χ4v) is 4.72. The van der Waals surface area contributed by atoms with E-state index in [4.69, 9.17) is 4.74 Å². The molecule has 1 aliphatic heterocycles. The van der Waals surface area contributed by atoms with E-state index in [9.17, 15) is 22.7 Å². The Morgan fingerprint density at radius 2 is 2.04 bits per heavy atom. The second kappa shape index (κ2) is 5.76. The SMILES string of the molecule is COc1ccc(S(=O)(=O)N2CC(C(=O)O)C(C3CC3)C2)cc1F. The molecule has 126 valence electrons. The molecule has 1 saturated carbocycles. The molecule has 1 aromatic carbocycles. The van der Waals surface area contributed by atoms with E-state index in [2.05, 4.69) is 0 Å². The summed E-state index contributed by atoms with van der Waals surface area (Å²) in [5.41, 5.74) is 0. The van der Waals surface area contributed by atoms with Crippen molar-refractivity contribution in [3.8, 4) is 5.75 Å². The summed E-state index contributed by atoms with van der Waals surface area (Å²) in [6.45, 7) is 0.115. The average molecular weight is 343 g/mol. The summed E-state index contributed by atoms with van der Waals surface area (Å²) in [4.78, 5) is 11.2. The smallest absolute Gasteiger partial charge is 0.308 e. The van der Waals surface area contributed by atoms with E-state index < -0.39 is 27.7 Å². The molecular weight excluding hydrogens is 325 g/mol. The van der Waals surface area contributed by atoms with Crippen molar-refractivity contribution in [3.63, 3.8) is 0 Å². The largest absolute Gasteiger partial charge is 0.494 e. The third-order valence-corrected chi connectivity index (χ3v) is 6.46. The number of nitrogens with zero attached hydrogens (tertiary/aromatic N) is 1. The zero-order chi connectivity index (χ0) is 16.8. The molecule has 2 fully saturated rings. The van der Waals surface area contributed by atoms with Gasteiger partial charge in [-0.2, -0.15) is 4.31 Å². The van der Waals surface area contributed by atoms with Gasteiger partial charge in [-0.25, -0.2) is 12.8 Å². The van der Waals surface area contributed by atoms with Gasteiger partial charge in [-0.1, -0.05) is 0 Å². The molecule has 2 atom stereocenters. The number of methoxy groups -OCH3 is 1. The van der Waals surface area contributed by atoms with Gasteiger partial charge < -0.3 is 9.84 Å². The number of carboxylic acids is 1. The fourth-order valence-electron chi connectivity index (χ4n) is 3.21. The van der Waals surface area contributed by atoms with Gasteiger partial charge in [0.15, 0.2) is 11.6 Å². The maximum Gasteiger partial charge on any atom is 0.308 e. The van der Waals surface area contributed by atoms with E-state index in [0.717, 1.165) is 23.2 Å². The van der Waals surface area contributed by atoms with E-state index in [-0.39, 0.29) is 35.6 Å². The number of benzene rings is 1. The molecule has 1 aliphatic carbocycles. The molecule has 0 radical (unpaired) electrons. The Bertz CT molecular complexity index is 731. The van der Waals surface area contributed by atoms with Crippen LogP contribution in [0, 0.1) is 23.6 Å². The first-order valence-electron chi connectivity index (χ1n) is 7.41. The number of sulfonamides is 1. The van der Waals surface area contributed by atoms with Crippen molar-refractivity contribution in [2.75, 3.05) is 20.2 Å². The lowest BCUT2D eigenvalue weighted by atomic mass is 9.92. The number of ether oxygens (including phenoxy) is 1. The maximum atomic E-state index is 13.8. The third-order valence-electron chi connectivity index (χ3n) is 4.64. The molecule has 0 amide bonds. The molecular formula is C15H18FNO5S. The summed E-state index contributed by atoms with van der Waals surface area (Å²) in [5, 5.41) is 9.33. The minimum Gasteiger partial charge on any atom is -0.494 e. The van der Waals surface area contributed by atoms with Gasteiger partial charge in [0.1, 0.15) is 0 Å². The summed E-state index contributed by atoms with van der Waals surface area (Å²) in [7, 11) is -2.62.